The molecule has 0 aromatic carbocycles. The number of nitrogens with one attached hydrogen (secondary N) is 2. The molecular weight excluding hydrogens is 240 g/mol. The van der Waals surface area contributed by atoms with Gasteiger partial charge in [0.05, 0.1) is 6.33 Å². The molecule has 2 heterocycles. The molecule has 92 valence electrons. The van der Waals surface area contributed by atoms with Gasteiger partial charge in [-0.05, 0) is 18.6 Å². The molecule has 0 saturated heterocycles. The van der Waals surface area contributed by atoms with Crippen molar-refractivity contribution < 1.29 is 8.42 Å². The highest BCUT2D eigenvalue weighted by atomic mass is 32.2. The molecule has 2 rings (SSSR count). The fraction of sp³-hybridized carbons (Fsp3) is 0.300. The summed E-state index contributed by atoms with van der Waals surface area (Å²) in [6, 6.07) is 1.81. The van der Waals surface area contributed by atoms with E-state index < -0.39 is 10.0 Å². The number of aromatic amines is 1. The zero-order valence-electron chi connectivity index (χ0n) is 9.42. The maximum Gasteiger partial charge on any atom is 0.259 e. The Morgan fingerprint density at radius 3 is 2.94 bits per heavy atom. The lowest BCUT2D eigenvalue weighted by Crippen LogP contribution is -2.23. The van der Waals surface area contributed by atoms with Gasteiger partial charge in [0.1, 0.15) is 0 Å². The number of aromatic nitrogens is 3. The van der Waals surface area contributed by atoms with E-state index in [9.17, 15) is 8.42 Å². The largest absolute Gasteiger partial charge is 0.367 e. The fourth-order valence-electron chi connectivity index (χ4n) is 1.37. The quantitative estimate of drug-likeness (QED) is 0.824. The van der Waals surface area contributed by atoms with Gasteiger partial charge in [0, 0.05) is 31.7 Å². The van der Waals surface area contributed by atoms with Gasteiger partial charge in [-0.25, -0.2) is 18.1 Å². The highest BCUT2D eigenvalue weighted by molar-refractivity contribution is 7.89. The molecule has 2 aromatic rings. The van der Waals surface area contributed by atoms with Gasteiger partial charge >= 0.3 is 0 Å². The van der Waals surface area contributed by atoms with Gasteiger partial charge in [0.2, 0.25) is 0 Å². The zero-order valence-corrected chi connectivity index (χ0v) is 10.2. The van der Waals surface area contributed by atoms with Crippen LogP contribution in [0.5, 0.6) is 0 Å². The third-order valence-electron chi connectivity index (χ3n) is 2.38. The fourth-order valence-corrected chi connectivity index (χ4v) is 2.34. The van der Waals surface area contributed by atoms with Crippen molar-refractivity contribution in [2.75, 3.05) is 0 Å². The van der Waals surface area contributed by atoms with Crippen molar-refractivity contribution in [3.63, 3.8) is 0 Å². The first kappa shape index (κ1) is 11.9. The molecule has 0 aliphatic heterocycles. The molecular formula is C10H14N4O2S. The molecule has 0 radical (unpaired) electrons. The molecule has 0 aliphatic carbocycles. The van der Waals surface area contributed by atoms with Crippen LogP contribution in [-0.2, 0) is 23.1 Å². The van der Waals surface area contributed by atoms with Gasteiger partial charge in [0.25, 0.3) is 10.0 Å². The van der Waals surface area contributed by atoms with Crippen LogP contribution >= 0.6 is 0 Å². The summed E-state index contributed by atoms with van der Waals surface area (Å²) in [6.45, 7) is 2.87. The number of imidazole rings is 1. The van der Waals surface area contributed by atoms with E-state index in [4.69, 9.17) is 0 Å². The Morgan fingerprint density at radius 1 is 1.53 bits per heavy atom. The lowest BCUT2D eigenvalue weighted by molar-refractivity contribution is 0.578. The lowest BCUT2D eigenvalue weighted by Gasteiger charge is -2.02. The van der Waals surface area contributed by atoms with Crippen molar-refractivity contribution in [3.05, 3.63) is 36.5 Å². The molecule has 2 N–H and O–H groups in total. The number of aryl methyl sites for hydroxylation is 1. The monoisotopic (exact) mass is 254 g/mol. The second-order valence-electron chi connectivity index (χ2n) is 3.59. The molecule has 0 atom stereocenters. The van der Waals surface area contributed by atoms with Crippen molar-refractivity contribution in [2.45, 2.75) is 25.0 Å². The Balaban J connectivity index is 2.08. The normalized spacial score (nSPS) is 11.8. The maximum atomic E-state index is 11.9. The van der Waals surface area contributed by atoms with Crippen LogP contribution in [0.25, 0.3) is 0 Å². The molecule has 17 heavy (non-hydrogen) atoms. The number of sulfonamides is 1. The molecule has 7 heteroatoms. The van der Waals surface area contributed by atoms with Crippen LogP contribution in [0.15, 0.2) is 36.0 Å². The zero-order chi connectivity index (χ0) is 12.3. The van der Waals surface area contributed by atoms with Crippen molar-refractivity contribution in [2.24, 2.45) is 0 Å². The molecule has 0 saturated carbocycles. The molecule has 0 spiro atoms. The first-order chi connectivity index (χ1) is 8.12. The van der Waals surface area contributed by atoms with E-state index in [1.165, 1.54) is 12.5 Å². The maximum absolute atomic E-state index is 11.9. The standard InChI is InChI=1S/C10H14N4O2S/c1-2-14-7-10(12-8-14)17(15,16)13-6-9-3-4-11-5-9/h3-5,7-8,11,13H,2,6H2,1H3. The third kappa shape index (κ3) is 2.75. The molecule has 6 nitrogen and oxygen atoms in total. The Labute approximate surface area is 99.7 Å². The van der Waals surface area contributed by atoms with Crippen LogP contribution in [-0.4, -0.2) is 23.0 Å². The molecule has 0 aliphatic rings. The summed E-state index contributed by atoms with van der Waals surface area (Å²) in [5.41, 5.74) is 0.878. The third-order valence-corrected chi connectivity index (χ3v) is 3.66. The highest BCUT2D eigenvalue weighted by Gasteiger charge is 2.16. The minimum absolute atomic E-state index is 0.0508. The SMILES string of the molecule is CCn1cnc(S(=O)(=O)NCc2cc[nH]c2)c1. The van der Waals surface area contributed by atoms with Crippen molar-refractivity contribution in [1.29, 1.82) is 0 Å². The highest BCUT2D eigenvalue weighted by Crippen LogP contribution is 2.06. The Morgan fingerprint density at radius 2 is 2.35 bits per heavy atom. The molecule has 0 fully saturated rings. The number of hydrogen-bond acceptors (Lipinski definition) is 3. The van der Waals surface area contributed by atoms with Crippen LogP contribution in [0.4, 0.5) is 0 Å². The number of rotatable bonds is 5. The van der Waals surface area contributed by atoms with Gasteiger partial charge < -0.3 is 9.55 Å². The van der Waals surface area contributed by atoms with Gasteiger partial charge in [-0.1, -0.05) is 0 Å². The summed E-state index contributed by atoms with van der Waals surface area (Å²) < 4.78 is 27.9. The van der Waals surface area contributed by atoms with E-state index >= 15 is 0 Å². The van der Waals surface area contributed by atoms with E-state index in [0.717, 1.165) is 5.56 Å². The topological polar surface area (TPSA) is 79.8 Å². The van der Waals surface area contributed by atoms with Gasteiger partial charge in [-0.2, -0.15) is 0 Å². The average Bonchev–Trinajstić information content (AvgIpc) is 2.98. The summed E-state index contributed by atoms with van der Waals surface area (Å²) >= 11 is 0. The van der Waals surface area contributed by atoms with E-state index in [2.05, 4.69) is 14.7 Å². The van der Waals surface area contributed by atoms with E-state index in [-0.39, 0.29) is 11.6 Å². The van der Waals surface area contributed by atoms with Crippen molar-refractivity contribution in [1.82, 2.24) is 19.3 Å². The summed E-state index contributed by atoms with van der Waals surface area (Å²) in [4.78, 5) is 6.73. The number of hydrogen-bond donors (Lipinski definition) is 2. The second-order valence-corrected chi connectivity index (χ2v) is 5.30. The Bertz CT molecular complexity index is 571. The van der Waals surface area contributed by atoms with Crippen molar-refractivity contribution >= 4 is 10.0 Å². The van der Waals surface area contributed by atoms with Gasteiger partial charge in [0.15, 0.2) is 5.03 Å². The van der Waals surface area contributed by atoms with Crippen LogP contribution in [0.3, 0.4) is 0 Å². The summed E-state index contributed by atoms with van der Waals surface area (Å²) in [6.07, 6.45) is 6.51. The molecule has 0 amide bonds. The van der Waals surface area contributed by atoms with E-state index in [1.54, 1.807) is 17.0 Å². The summed E-state index contributed by atoms with van der Waals surface area (Å²) in [7, 11) is -3.52. The Kier molecular flexibility index (Phi) is 3.30. The van der Waals surface area contributed by atoms with E-state index in [1.807, 2.05) is 13.0 Å². The van der Waals surface area contributed by atoms with Gasteiger partial charge in [-0.3, -0.25) is 0 Å². The van der Waals surface area contributed by atoms with Crippen LogP contribution < -0.4 is 4.72 Å². The lowest BCUT2D eigenvalue weighted by atomic mass is 10.4. The second kappa shape index (κ2) is 4.72. The summed E-state index contributed by atoms with van der Waals surface area (Å²) in [5.74, 6) is 0. The smallest absolute Gasteiger partial charge is 0.259 e. The Hall–Kier alpha value is -1.60. The average molecular weight is 254 g/mol. The first-order valence-electron chi connectivity index (χ1n) is 5.25. The first-order valence-corrected chi connectivity index (χ1v) is 6.73. The van der Waals surface area contributed by atoms with Gasteiger partial charge in [-0.15, -0.1) is 0 Å². The number of H-pyrrole nitrogens is 1. The molecule has 2 aromatic heterocycles. The molecule has 0 bridgehead atoms. The van der Waals surface area contributed by atoms with Crippen LogP contribution in [0.2, 0.25) is 0 Å². The summed E-state index contributed by atoms with van der Waals surface area (Å²) in [5, 5.41) is 0.0508. The molecule has 0 unspecified atom stereocenters. The van der Waals surface area contributed by atoms with Crippen LogP contribution in [0, 0.1) is 0 Å². The minimum atomic E-state index is -3.52. The predicted octanol–water partition coefficient (Wildman–Crippen LogP) is 0.710. The predicted molar refractivity (Wildman–Crippen MR) is 62.7 cm³/mol. The van der Waals surface area contributed by atoms with Crippen LogP contribution in [0.1, 0.15) is 12.5 Å². The number of nitrogens with zero attached hydrogens (tertiary/aromatic N) is 2. The van der Waals surface area contributed by atoms with E-state index in [0.29, 0.717) is 6.54 Å². The van der Waals surface area contributed by atoms with Crippen molar-refractivity contribution in [3.8, 4) is 0 Å². The minimum Gasteiger partial charge on any atom is -0.367 e.